The lowest BCUT2D eigenvalue weighted by atomic mass is 10.1. The number of benzene rings is 2. The molecular formula is C24H21N5O2S2. The Kier molecular flexibility index (Phi) is 5.97. The predicted molar refractivity (Wildman–Crippen MR) is 130 cm³/mol. The second kappa shape index (κ2) is 9.21. The van der Waals surface area contributed by atoms with Gasteiger partial charge >= 0.3 is 0 Å². The number of thioether (sulfide) groups is 1. The third-order valence-corrected chi connectivity index (χ3v) is 7.16. The van der Waals surface area contributed by atoms with Crippen molar-refractivity contribution in [1.82, 2.24) is 24.9 Å². The van der Waals surface area contributed by atoms with Crippen LogP contribution in [0.4, 0.5) is 0 Å². The van der Waals surface area contributed by atoms with Gasteiger partial charge in [0.25, 0.3) is 5.91 Å². The standard InChI is InChI=1S/C24H21N5O2S2/c1-16-26-27-24(33-16)32-15-20-19-10-6-7-11-21(19)31-22(20)23(30)28(2)13-17-12-25-29(14-17)18-8-4-3-5-9-18/h3-12,14H,13,15H2,1-2H3. The van der Waals surface area contributed by atoms with Crippen molar-refractivity contribution in [2.24, 2.45) is 0 Å². The van der Waals surface area contributed by atoms with Crippen LogP contribution in [0.15, 0.2) is 75.7 Å². The van der Waals surface area contributed by atoms with E-state index in [2.05, 4.69) is 15.3 Å². The summed E-state index contributed by atoms with van der Waals surface area (Å²) in [4.78, 5) is 15.1. The molecule has 7 nitrogen and oxygen atoms in total. The molecule has 3 heterocycles. The van der Waals surface area contributed by atoms with Crippen molar-refractivity contribution in [1.29, 1.82) is 0 Å². The Morgan fingerprint density at radius 2 is 1.91 bits per heavy atom. The first-order valence-corrected chi connectivity index (χ1v) is 12.2. The number of nitrogens with zero attached hydrogens (tertiary/aromatic N) is 5. The fraction of sp³-hybridized carbons (Fsp3) is 0.167. The van der Waals surface area contributed by atoms with Gasteiger partial charge in [-0.15, -0.1) is 10.2 Å². The normalized spacial score (nSPS) is 11.2. The van der Waals surface area contributed by atoms with Crippen molar-refractivity contribution in [3.8, 4) is 5.69 Å². The van der Waals surface area contributed by atoms with Crippen molar-refractivity contribution in [3.63, 3.8) is 0 Å². The summed E-state index contributed by atoms with van der Waals surface area (Å²) in [6.45, 7) is 2.35. The molecule has 9 heteroatoms. The summed E-state index contributed by atoms with van der Waals surface area (Å²) in [6.07, 6.45) is 3.72. The molecule has 0 radical (unpaired) electrons. The van der Waals surface area contributed by atoms with Crippen LogP contribution in [0.3, 0.4) is 0 Å². The molecule has 166 valence electrons. The average molecular weight is 476 g/mol. The van der Waals surface area contributed by atoms with Gasteiger partial charge in [-0.1, -0.05) is 59.5 Å². The monoisotopic (exact) mass is 475 g/mol. The highest BCUT2D eigenvalue weighted by Gasteiger charge is 2.24. The number of aryl methyl sites for hydroxylation is 1. The fourth-order valence-electron chi connectivity index (χ4n) is 3.57. The lowest BCUT2D eigenvalue weighted by Crippen LogP contribution is -2.26. The second-order valence-corrected chi connectivity index (χ2v) is 9.98. The van der Waals surface area contributed by atoms with Crippen molar-refractivity contribution in [3.05, 3.63) is 88.9 Å². The Bertz CT molecular complexity index is 1410. The summed E-state index contributed by atoms with van der Waals surface area (Å²) >= 11 is 3.11. The molecule has 0 aliphatic heterocycles. The van der Waals surface area contributed by atoms with E-state index in [1.54, 1.807) is 45.9 Å². The van der Waals surface area contributed by atoms with Gasteiger partial charge in [0.2, 0.25) is 0 Å². The summed E-state index contributed by atoms with van der Waals surface area (Å²) in [5, 5.41) is 14.6. The number of amides is 1. The van der Waals surface area contributed by atoms with Crippen LogP contribution in [-0.2, 0) is 12.3 Å². The first-order valence-electron chi connectivity index (χ1n) is 10.4. The van der Waals surface area contributed by atoms with Crippen LogP contribution in [-0.4, -0.2) is 37.8 Å². The Hall–Kier alpha value is -3.43. The van der Waals surface area contributed by atoms with Crippen LogP contribution >= 0.6 is 23.1 Å². The minimum Gasteiger partial charge on any atom is -0.451 e. The topological polar surface area (TPSA) is 77.1 Å². The van der Waals surface area contributed by atoms with Gasteiger partial charge in [-0.25, -0.2) is 4.68 Å². The highest BCUT2D eigenvalue weighted by molar-refractivity contribution is 8.00. The number of fused-ring (bicyclic) bond motifs is 1. The number of aromatic nitrogens is 4. The molecule has 0 saturated heterocycles. The lowest BCUT2D eigenvalue weighted by molar-refractivity contribution is 0.0754. The van der Waals surface area contributed by atoms with E-state index in [4.69, 9.17) is 4.42 Å². The molecular weight excluding hydrogens is 454 g/mol. The zero-order valence-corrected chi connectivity index (χ0v) is 19.8. The maximum Gasteiger partial charge on any atom is 0.289 e. The van der Waals surface area contributed by atoms with E-state index in [9.17, 15) is 4.79 Å². The maximum absolute atomic E-state index is 13.4. The minimum absolute atomic E-state index is 0.164. The second-order valence-electron chi connectivity index (χ2n) is 7.57. The van der Waals surface area contributed by atoms with Crippen molar-refractivity contribution in [2.45, 2.75) is 23.6 Å². The Labute approximate surface area is 199 Å². The van der Waals surface area contributed by atoms with Crippen LogP contribution in [0, 0.1) is 6.92 Å². The van der Waals surface area contributed by atoms with Gasteiger partial charge < -0.3 is 9.32 Å². The van der Waals surface area contributed by atoms with E-state index in [-0.39, 0.29) is 5.91 Å². The van der Waals surface area contributed by atoms with Crippen LogP contribution in [0.1, 0.15) is 26.7 Å². The van der Waals surface area contributed by atoms with E-state index in [1.807, 2.05) is 67.7 Å². The van der Waals surface area contributed by atoms with Crippen molar-refractivity contribution < 1.29 is 9.21 Å². The summed E-state index contributed by atoms with van der Waals surface area (Å²) in [6, 6.07) is 17.6. The molecule has 3 aromatic heterocycles. The molecule has 0 N–H and O–H groups in total. The third-order valence-electron chi connectivity index (χ3n) is 5.16. The highest BCUT2D eigenvalue weighted by Crippen LogP contribution is 2.33. The SMILES string of the molecule is Cc1nnc(SCc2c(C(=O)N(C)Cc3cnn(-c4ccccc4)c3)oc3ccccc23)s1. The molecule has 0 spiro atoms. The summed E-state index contributed by atoms with van der Waals surface area (Å²) < 4.78 is 8.71. The minimum atomic E-state index is -0.164. The number of furan rings is 1. The van der Waals surface area contributed by atoms with Crippen LogP contribution < -0.4 is 0 Å². The summed E-state index contributed by atoms with van der Waals surface area (Å²) in [5.74, 6) is 0.776. The van der Waals surface area contributed by atoms with Crippen molar-refractivity contribution >= 4 is 40.0 Å². The van der Waals surface area contributed by atoms with Gasteiger partial charge in [-0.2, -0.15) is 5.10 Å². The van der Waals surface area contributed by atoms with Crippen LogP contribution in [0.25, 0.3) is 16.7 Å². The van der Waals surface area contributed by atoms with E-state index in [0.717, 1.165) is 31.5 Å². The van der Waals surface area contributed by atoms with Crippen LogP contribution in [0.5, 0.6) is 0 Å². The Morgan fingerprint density at radius 1 is 1.12 bits per heavy atom. The molecule has 0 aliphatic rings. The highest BCUT2D eigenvalue weighted by atomic mass is 32.2. The van der Waals surface area contributed by atoms with Gasteiger partial charge in [0, 0.05) is 42.1 Å². The number of hydrogen-bond acceptors (Lipinski definition) is 7. The molecule has 0 atom stereocenters. The number of carbonyl (C=O) groups is 1. The molecule has 5 aromatic rings. The molecule has 1 amide bonds. The molecule has 33 heavy (non-hydrogen) atoms. The fourth-order valence-corrected chi connectivity index (χ4v) is 5.41. The summed E-state index contributed by atoms with van der Waals surface area (Å²) in [7, 11) is 1.78. The van der Waals surface area contributed by atoms with Gasteiger partial charge in [0.05, 0.1) is 11.9 Å². The van der Waals surface area contributed by atoms with Gasteiger partial charge in [-0.05, 0) is 25.1 Å². The van der Waals surface area contributed by atoms with Gasteiger partial charge in [0.1, 0.15) is 10.6 Å². The molecule has 5 rings (SSSR count). The molecule has 0 saturated carbocycles. The molecule has 2 aromatic carbocycles. The molecule has 0 bridgehead atoms. The quantitative estimate of drug-likeness (QED) is 0.296. The zero-order chi connectivity index (χ0) is 22.8. The zero-order valence-electron chi connectivity index (χ0n) is 18.1. The molecule has 0 unspecified atom stereocenters. The largest absolute Gasteiger partial charge is 0.451 e. The number of hydrogen-bond donors (Lipinski definition) is 0. The number of carbonyl (C=O) groups excluding carboxylic acids is 1. The van der Waals surface area contributed by atoms with Gasteiger partial charge in [-0.3, -0.25) is 4.79 Å². The number of rotatable bonds is 7. The summed E-state index contributed by atoms with van der Waals surface area (Å²) in [5.41, 5.74) is 3.49. The number of para-hydroxylation sites is 2. The Morgan fingerprint density at radius 3 is 2.70 bits per heavy atom. The van der Waals surface area contributed by atoms with Gasteiger partial charge in [0.15, 0.2) is 10.1 Å². The van der Waals surface area contributed by atoms with E-state index in [1.165, 1.54) is 0 Å². The molecule has 0 fully saturated rings. The smallest absolute Gasteiger partial charge is 0.289 e. The van der Waals surface area contributed by atoms with Crippen molar-refractivity contribution in [2.75, 3.05) is 7.05 Å². The first kappa shape index (κ1) is 21.4. The average Bonchev–Trinajstić information content (AvgIpc) is 3.56. The third kappa shape index (κ3) is 4.55. The van der Waals surface area contributed by atoms with E-state index < -0.39 is 0 Å². The predicted octanol–water partition coefficient (Wildman–Crippen LogP) is 5.34. The Balaban J connectivity index is 1.38. The lowest BCUT2D eigenvalue weighted by Gasteiger charge is -2.15. The first-order chi connectivity index (χ1) is 16.1. The maximum atomic E-state index is 13.4. The molecule has 0 aliphatic carbocycles. The van der Waals surface area contributed by atoms with E-state index >= 15 is 0 Å². The van der Waals surface area contributed by atoms with E-state index in [0.29, 0.717) is 23.6 Å². The van der Waals surface area contributed by atoms with Crippen LogP contribution in [0.2, 0.25) is 0 Å².